The van der Waals surface area contributed by atoms with Crippen LogP contribution in [0.5, 0.6) is 5.75 Å². The van der Waals surface area contributed by atoms with Crippen LogP contribution in [0.2, 0.25) is 5.02 Å². The van der Waals surface area contributed by atoms with Gasteiger partial charge in [-0.15, -0.1) is 11.3 Å². The van der Waals surface area contributed by atoms with Crippen LogP contribution in [0.4, 0.5) is 10.1 Å². The number of pyridine rings is 1. The number of nitrogens with two attached hydrogens (primary N) is 1. The highest BCUT2D eigenvalue weighted by molar-refractivity contribution is 7.09. The maximum Gasteiger partial charge on any atom is 0.141 e. The third kappa shape index (κ3) is 2.41. The Labute approximate surface area is 129 Å². The van der Waals surface area contributed by atoms with Gasteiger partial charge in [-0.1, -0.05) is 11.6 Å². The molecule has 0 spiro atoms. The number of ether oxygens (including phenoxy) is 1. The number of thiazole rings is 1. The van der Waals surface area contributed by atoms with Crippen molar-refractivity contribution in [2.24, 2.45) is 0 Å². The van der Waals surface area contributed by atoms with Crippen LogP contribution >= 0.6 is 22.9 Å². The molecule has 0 saturated heterocycles. The molecule has 2 heterocycles. The lowest BCUT2D eigenvalue weighted by Crippen LogP contribution is -1.95. The Hall–Kier alpha value is -1.92. The predicted molar refractivity (Wildman–Crippen MR) is 83.6 cm³/mol. The summed E-state index contributed by atoms with van der Waals surface area (Å²) in [6.45, 7) is -0.595. The van der Waals surface area contributed by atoms with Gasteiger partial charge >= 0.3 is 0 Å². The minimum atomic E-state index is -0.595. The zero-order chi connectivity index (χ0) is 15.0. The van der Waals surface area contributed by atoms with Gasteiger partial charge in [0.05, 0.1) is 18.3 Å². The maximum absolute atomic E-state index is 12.6. The van der Waals surface area contributed by atoms with E-state index in [4.69, 9.17) is 22.1 Å². The Morgan fingerprint density at radius 2 is 2.14 bits per heavy atom. The molecule has 1 aromatic carbocycles. The summed E-state index contributed by atoms with van der Waals surface area (Å²) in [6, 6.07) is 5.26. The van der Waals surface area contributed by atoms with Crippen LogP contribution in [-0.4, -0.2) is 17.1 Å². The Bertz CT molecular complexity index is 821. The Morgan fingerprint density at radius 3 is 2.81 bits per heavy atom. The van der Waals surface area contributed by atoms with E-state index >= 15 is 0 Å². The van der Waals surface area contributed by atoms with E-state index in [1.165, 1.54) is 18.4 Å². The molecule has 108 valence electrons. The number of hydrogen-bond acceptors (Lipinski definition) is 5. The van der Waals surface area contributed by atoms with E-state index in [0.29, 0.717) is 38.4 Å². The topological polar surface area (TPSA) is 61.0 Å². The van der Waals surface area contributed by atoms with E-state index in [0.717, 1.165) is 5.39 Å². The number of rotatable bonds is 3. The van der Waals surface area contributed by atoms with E-state index in [1.807, 2.05) is 0 Å². The van der Waals surface area contributed by atoms with E-state index in [9.17, 15) is 4.39 Å². The molecule has 21 heavy (non-hydrogen) atoms. The molecule has 7 heteroatoms. The average molecular weight is 324 g/mol. The molecule has 0 amide bonds. The first-order valence-corrected chi connectivity index (χ1v) is 7.33. The molecule has 0 bridgehead atoms. The van der Waals surface area contributed by atoms with Gasteiger partial charge in [-0.2, -0.15) is 0 Å². The van der Waals surface area contributed by atoms with Crippen molar-refractivity contribution in [2.45, 2.75) is 6.67 Å². The summed E-state index contributed by atoms with van der Waals surface area (Å²) in [7, 11) is 1.54. The SMILES string of the molecule is COc1ccc2c(N)cc(-c3csc(CF)n3)nc2c1Cl. The first-order valence-electron chi connectivity index (χ1n) is 6.07. The fraction of sp³-hybridized carbons (Fsp3) is 0.143. The summed E-state index contributed by atoms with van der Waals surface area (Å²) >= 11 is 7.53. The van der Waals surface area contributed by atoms with Gasteiger partial charge in [0.1, 0.15) is 28.1 Å². The van der Waals surface area contributed by atoms with E-state index in [2.05, 4.69) is 9.97 Å². The molecule has 0 aliphatic heterocycles. The molecule has 3 aromatic rings. The molecule has 0 aliphatic carbocycles. The quantitative estimate of drug-likeness (QED) is 0.789. The van der Waals surface area contributed by atoms with Crippen LogP contribution < -0.4 is 10.5 Å². The average Bonchev–Trinajstić information content (AvgIpc) is 2.97. The second-order valence-electron chi connectivity index (χ2n) is 4.33. The number of fused-ring (bicyclic) bond motifs is 1. The molecule has 0 saturated carbocycles. The molecule has 0 fully saturated rings. The summed E-state index contributed by atoms with van der Waals surface area (Å²) in [6.07, 6.45) is 0. The second kappa shape index (κ2) is 5.46. The van der Waals surface area contributed by atoms with Gasteiger partial charge in [0.25, 0.3) is 0 Å². The number of benzene rings is 1. The van der Waals surface area contributed by atoms with Gasteiger partial charge in [0.15, 0.2) is 0 Å². The maximum atomic E-state index is 12.6. The third-order valence-electron chi connectivity index (χ3n) is 3.06. The normalized spacial score (nSPS) is 11.0. The third-order valence-corrected chi connectivity index (χ3v) is 4.24. The number of nitrogens with zero attached hydrogens (tertiary/aromatic N) is 2. The summed E-state index contributed by atoms with van der Waals surface area (Å²) in [4.78, 5) is 8.66. The van der Waals surface area contributed by atoms with Crippen LogP contribution in [0, 0.1) is 0 Å². The lowest BCUT2D eigenvalue weighted by molar-refractivity contribution is 0.415. The summed E-state index contributed by atoms with van der Waals surface area (Å²) < 4.78 is 17.8. The highest BCUT2D eigenvalue weighted by Gasteiger charge is 2.13. The van der Waals surface area contributed by atoms with Crippen LogP contribution in [0.15, 0.2) is 23.6 Å². The van der Waals surface area contributed by atoms with Crippen molar-refractivity contribution in [2.75, 3.05) is 12.8 Å². The first-order chi connectivity index (χ1) is 10.1. The fourth-order valence-electron chi connectivity index (χ4n) is 2.04. The highest BCUT2D eigenvalue weighted by Crippen LogP contribution is 2.36. The molecule has 0 unspecified atom stereocenters. The molecule has 4 nitrogen and oxygen atoms in total. The zero-order valence-corrected chi connectivity index (χ0v) is 12.6. The summed E-state index contributed by atoms with van der Waals surface area (Å²) in [5, 5.41) is 3.29. The standard InChI is InChI=1S/C14H11ClFN3OS/c1-20-11-3-2-7-8(17)4-9(19-14(7)13(11)15)10-6-21-12(5-16)18-10/h2-4,6H,5H2,1H3,(H2,17,19). The molecule has 3 rings (SSSR count). The number of halogens is 2. The Morgan fingerprint density at radius 1 is 1.33 bits per heavy atom. The predicted octanol–water partition coefficient (Wildman–Crippen LogP) is 4.07. The Balaban J connectivity index is 2.23. The van der Waals surface area contributed by atoms with Crippen LogP contribution in [0.3, 0.4) is 0 Å². The van der Waals surface area contributed by atoms with Crippen LogP contribution in [0.25, 0.3) is 22.3 Å². The molecular weight excluding hydrogens is 313 g/mol. The Kier molecular flexibility index (Phi) is 3.65. The van der Waals surface area contributed by atoms with E-state index < -0.39 is 6.67 Å². The zero-order valence-electron chi connectivity index (χ0n) is 11.1. The van der Waals surface area contributed by atoms with Gasteiger partial charge in [0.2, 0.25) is 0 Å². The number of nitrogen functional groups attached to an aromatic ring is 1. The van der Waals surface area contributed by atoms with Gasteiger partial charge < -0.3 is 10.5 Å². The number of methoxy groups -OCH3 is 1. The second-order valence-corrected chi connectivity index (χ2v) is 5.66. The van der Waals surface area contributed by atoms with Gasteiger partial charge in [-0.3, -0.25) is 0 Å². The van der Waals surface area contributed by atoms with Crippen molar-refractivity contribution in [3.05, 3.63) is 33.6 Å². The molecule has 0 atom stereocenters. The summed E-state index contributed by atoms with van der Waals surface area (Å²) in [5.41, 5.74) is 8.28. The minimum Gasteiger partial charge on any atom is -0.495 e. The lowest BCUT2D eigenvalue weighted by atomic mass is 10.1. The van der Waals surface area contributed by atoms with Gasteiger partial charge in [-0.05, 0) is 18.2 Å². The first kappa shape index (κ1) is 14.0. The molecule has 2 aromatic heterocycles. The number of aromatic nitrogens is 2. The molecular formula is C14H11ClFN3OS. The summed E-state index contributed by atoms with van der Waals surface area (Å²) in [5.74, 6) is 0.524. The van der Waals surface area contributed by atoms with Gasteiger partial charge in [0, 0.05) is 16.5 Å². The van der Waals surface area contributed by atoms with Crippen molar-refractivity contribution in [1.29, 1.82) is 0 Å². The monoisotopic (exact) mass is 323 g/mol. The van der Waals surface area contributed by atoms with Crippen molar-refractivity contribution in [1.82, 2.24) is 9.97 Å². The van der Waals surface area contributed by atoms with Crippen LogP contribution in [-0.2, 0) is 6.67 Å². The highest BCUT2D eigenvalue weighted by atomic mass is 35.5. The lowest BCUT2D eigenvalue weighted by Gasteiger charge is -2.09. The smallest absolute Gasteiger partial charge is 0.141 e. The van der Waals surface area contributed by atoms with Crippen molar-refractivity contribution < 1.29 is 9.13 Å². The van der Waals surface area contributed by atoms with E-state index in [1.54, 1.807) is 23.6 Å². The van der Waals surface area contributed by atoms with Crippen molar-refractivity contribution in [3.63, 3.8) is 0 Å². The van der Waals surface area contributed by atoms with Gasteiger partial charge in [-0.25, -0.2) is 14.4 Å². The minimum absolute atomic E-state index is 0.393. The number of alkyl halides is 1. The molecule has 0 aliphatic rings. The fourth-order valence-corrected chi connectivity index (χ4v) is 2.96. The van der Waals surface area contributed by atoms with E-state index in [-0.39, 0.29) is 0 Å². The number of hydrogen-bond donors (Lipinski definition) is 1. The van der Waals surface area contributed by atoms with Crippen LogP contribution in [0.1, 0.15) is 5.01 Å². The molecule has 0 radical (unpaired) electrons. The van der Waals surface area contributed by atoms with Crippen molar-refractivity contribution in [3.8, 4) is 17.1 Å². The largest absolute Gasteiger partial charge is 0.495 e. The molecule has 2 N–H and O–H groups in total. The van der Waals surface area contributed by atoms with Crippen molar-refractivity contribution >= 4 is 39.5 Å². The number of anilines is 1.